The predicted molar refractivity (Wildman–Crippen MR) is 127 cm³/mol. The van der Waals surface area contributed by atoms with Crippen LogP contribution in [-0.2, 0) is 11.3 Å². The van der Waals surface area contributed by atoms with Crippen molar-refractivity contribution in [3.8, 4) is 0 Å². The van der Waals surface area contributed by atoms with Gasteiger partial charge >= 0.3 is 0 Å². The minimum absolute atomic E-state index is 0.348. The minimum atomic E-state index is -0.685. The van der Waals surface area contributed by atoms with Gasteiger partial charge in [-0.05, 0) is 38.2 Å². The molecule has 1 aromatic carbocycles. The first-order valence-electron chi connectivity index (χ1n) is 12.3. The van der Waals surface area contributed by atoms with Crippen LogP contribution in [0.15, 0.2) is 42.0 Å². The lowest BCUT2D eigenvalue weighted by atomic mass is 10.0. The van der Waals surface area contributed by atoms with Crippen LogP contribution in [0, 0.1) is 0 Å². The Morgan fingerprint density at radius 2 is 1.33 bits per heavy atom. The third-order valence-electron chi connectivity index (χ3n) is 5.81. The average Bonchev–Trinajstić information content (AvgIpc) is 2.78. The SMILES string of the molecule is CC=C(CCCCCCCCCCCCCCO)CCC(O)OCc1ccccc1. The van der Waals surface area contributed by atoms with E-state index in [-0.39, 0.29) is 0 Å². The second-order valence-electron chi connectivity index (χ2n) is 8.45. The number of hydrogen-bond donors (Lipinski definition) is 2. The van der Waals surface area contributed by atoms with Crippen molar-refractivity contribution in [2.45, 2.75) is 116 Å². The second kappa shape index (κ2) is 19.8. The van der Waals surface area contributed by atoms with Crippen molar-refractivity contribution in [3.05, 3.63) is 47.5 Å². The number of benzene rings is 1. The van der Waals surface area contributed by atoms with Gasteiger partial charge in [0.25, 0.3) is 0 Å². The zero-order valence-electron chi connectivity index (χ0n) is 19.4. The Balaban J connectivity index is 1.92. The monoisotopic (exact) mass is 418 g/mol. The molecule has 0 heterocycles. The minimum Gasteiger partial charge on any atom is -0.396 e. The lowest BCUT2D eigenvalue weighted by Crippen LogP contribution is -2.12. The van der Waals surface area contributed by atoms with E-state index in [1.165, 1.54) is 76.2 Å². The number of rotatable bonds is 20. The third kappa shape index (κ3) is 15.6. The zero-order chi connectivity index (χ0) is 21.7. The molecule has 2 N–H and O–H groups in total. The molecular formula is C27H46O3. The standard InChI is InChI=1S/C27H46O3/c1-2-25(21-22-27(29)30-24-26-19-15-13-16-20-26)18-14-11-9-7-5-3-4-6-8-10-12-17-23-28/h2,13,15-16,19-20,27-29H,3-12,14,17-18,21-24H2,1H3. The van der Waals surface area contributed by atoms with Gasteiger partial charge < -0.3 is 14.9 Å². The quantitative estimate of drug-likeness (QED) is 0.133. The number of aliphatic hydroxyl groups excluding tert-OH is 2. The molecule has 1 atom stereocenters. The Morgan fingerprint density at radius 3 is 1.87 bits per heavy atom. The zero-order valence-corrected chi connectivity index (χ0v) is 19.4. The molecule has 0 aromatic heterocycles. The van der Waals surface area contributed by atoms with E-state index in [1.807, 2.05) is 30.3 Å². The van der Waals surface area contributed by atoms with E-state index in [1.54, 1.807) is 0 Å². The van der Waals surface area contributed by atoms with Gasteiger partial charge in [-0.3, -0.25) is 0 Å². The van der Waals surface area contributed by atoms with Gasteiger partial charge in [0, 0.05) is 13.0 Å². The molecule has 3 nitrogen and oxygen atoms in total. The van der Waals surface area contributed by atoms with Crippen molar-refractivity contribution in [3.63, 3.8) is 0 Å². The smallest absolute Gasteiger partial charge is 0.155 e. The van der Waals surface area contributed by atoms with E-state index in [0.717, 1.165) is 24.8 Å². The Bertz CT molecular complexity index is 512. The summed E-state index contributed by atoms with van der Waals surface area (Å²) in [4.78, 5) is 0. The van der Waals surface area contributed by atoms with Gasteiger partial charge in [0.05, 0.1) is 6.61 Å². The van der Waals surface area contributed by atoms with Crippen LogP contribution in [0.4, 0.5) is 0 Å². The summed E-state index contributed by atoms with van der Waals surface area (Å²) >= 11 is 0. The number of aliphatic hydroxyl groups is 2. The summed E-state index contributed by atoms with van der Waals surface area (Å²) in [7, 11) is 0. The van der Waals surface area contributed by atoms with Gasteiger partial charge in [0.15, 0.2) is 6.29 Å². The molecule has 3 heteroatoms. The first-order valence-corrected chi connectivity index (χ1v) is 12.3. The van der Waals surface area contributed by atoms with Gasteiger partial charge in [-0.2, -0.15) is 0 Å². The molecule has 0 spiro atoms. The van der Waals surface area contributed by atoms with Crippen LogP contribution in [-0.4, -0.2) is 23.1 Å². The Hall–Kier alpha value is -1.16. The number of unbranched alkanes of at least 4 members (excludes halogenated alkanes) is 11. The number of ether oxygens (including phenoxy) is 1. The van der Waals surface area contributed by atoms with Crippen molar-refractivity contribution >= 4 is 0 Å². The molecule has 0 aliphatic carbocycles. The van der Waals surface area contributed by atoms with Crippen molar-refractivity contribution in [1.82, 2.24) is 0 Å². The molecule has 0 aliphatic rings. The third-order valence-corrected chi connectivity index (χ3v) is 5.81. The summed E-state index contributed by atoms with van der Waals surface area (Å²) in [5.74, 6) is 0. The maximum absolute atomic E-state index is 10.1. The van der Waals surface area contributed by atoms with E-state index >= 15 is 0 Å². The van der Waals surface area contributed by atoms with E-state index in [2.05, 4.69) is 13.0 Å². The molecule has 0 bridgehead atoms. The molecule has 0 amide bonds. The molecule has 1 unspecified atom stereocenters. The summed E-state index contributed by atoms with van der Waals surface area (Å²) in [5.41, 5.74) is 2.54. The summed E-state index contributed by atoms with van der Waals surface area (Å²) < 4.78 is 5.56. The van der Waals surface area contributed by atoms with Crippen molar-refractivity contribution in [2.24, 2.45) is 0 Å². The molecule has 172 valence electrons. The fourth-order valence-corrected chi connectivity index (χ4v) is 3.80. The summed E-state index contributed by atoms with van der Waals surface area (Å²) in [6.45, 7) is 2.92. The van der Waals surface area contributed by atoms with E-state index in [0.29, 0.717) is 19.6 Å². The van der Waals surface area contributed by atoms with Gasteiger partial charge in [-0.15, -0.1) is 0 Å². The summed E-state index contributed by atoms with van der Waals surface area (Å²) in [6, 6.07) is 10.0. The summed E-state index contributed by atoms with van der Waals surface area (Å²) in [6.07, 6.45) is 19.8. The largest absolute Gasteiger partial charge is 0.396 e. The first kappa shape index (κ1) is 26.9. The first-order chi connectivity index (χ1) is 14.8. The van der Waals surface area contributed by atoms with Crippen molar-refractivity contribution < 1.29 is 14.9 Å². The molecule has 30 heavy (non-hydrogen) atoms. The highest BCUT2D eigenvalue weighted by atomic mass is 16.6. The predicted octanol–water partition coefficient (Wildman–Crippen LogP) is 7.31. The van der Waals surface area contributed by atoms with E-state index in [9.17, 15) is 5.11 Å². The topological polar surface area (TPSA) is 49.7 Å². The van der Waals surface area contributed by atoms with E-state index < -0.39 is 6.29 Å². The van der Waals surface area contributed by atoms with Crippen LogP contribution >= 0.6 is 0 Å². The van der Waals surface area contributed by atoms with Crippen LogP contribution in [0.25, 0.3) is 0 Å². The molecule has 1 aromatic rings. The molecule has 1 rings (SSSR count). The fourth-order valence-electron chi connectivity index (χ4n) is 3.80. The maximum Gasteiger partial charge on any atom is 0.155 e. The molecule has 0 aliphatic heterocycles. The molecule has 0 saturated carbocycles. The normalized spacial score (nSPS) is 13.0. The lowest BCUT2D eigenvalue weighted by molar-refractivity contribution is -0.111. The average molecular weight is 419 g/mol. The van der Waals surface area contributed by atoms with Crippen molar-refractivity contribution in [1.29, 1.82) is 0 Å². The highest BCUT2D eigenvalue weighted by Gasteiger charge is 2.06. The molecule has 0 fully saturated rings. The van der Waals surface area contributed by atoms with E-state index in [4.69, 9.17) is 9.84 Å². The number of hydrogen-bond acceptors (Lipinski definition) is 3. The maximum atomic E-state index is 10.1. The molecular weight excluding hydrogens is 372 g/mol. The van der Waals surface area contributed by atoms with Gasteiger partial charge in [-0.25, -0.2) is 0 Å². The van der Waals surface area contributed by atoms with Crippen LogP contribution < -0.4 is 0 Å². The Labute approximate surface area is 185 Å². The van der Waals surface area contributed by atoms with Crippen LogP contribution in [0.5, 0.6) is 0 Å². The fraction of sp³-hybridized carbons (Fsp3) is 0.704. The molecule has 0 saturated heterocycles. The van der Waals surface area contributed by atoms with Gasteiger partial charge in [0.2, 0.25) is 0 Å². The molecule has 0 radical (unpaired) electrons. The van der Waals surface area contributed by atoms with Crippen LogP contribution in [0.2, 0.25) is 0 Å². The van der Waals surface area contributed by atoms with Crippen LogP contribution in [0.1, 0.15) is 109 Å². The lowest BCUT2D eigenvalue weighted by Gasteiger charge is -2.13. The second-order valence-corrected chi connectivity index (χ2v) is 8.45. The van der Waals surface area contributed by atoms with Gasteiger partial charge in [0.1, 0.15) is 0 Å². The summed E-state index contributed by atoms with van der Waals surface area (Å²) in [5, 5.41) is 18.8. The highest BCUT2D eigenvalue weighted by molar-refractivity contribution is 5.13. The van der Waals surface area contributed by atoms with Crippen molar-refractivity contribution in [2.75, 3.05) is 6.61 Å². The Morgan fingerprint density at radius 1 is 0.800 bits per heavy atom. The van der Waals surface area contributed by atoms with Gasteiger partial charge in [-0.1, -0.05) is 106 Å². The van der Waals surface area contributed by atoms with Crippen LogP contribution in [0.3, 0.4) is 0 Å². The number of allylic oxidation sites excluding steroid dienone is 2. The Kier molecular flexibility index (Phi) is 17.7. The highest BCUT2D eigenvalue weighted by Crippen LogP contribution is 2.18.